The Kier molecular flexibility index (Phi) is 11.0. The summed E-state index contributed by atoms with van der Waals surface area (Å²) < 4.78 is 47.1. The first kappa shape index (κ1) is 32.7. The summed E-state index contributed by atoms with van der Waals surface area (Å²) in [6.45, 7) is 10.8. The van der Waals surface area contributed by atoms with Crippen LogP contribution < -0.4 is 4.72 Å². The number of hydrogen-bond acceptors (Lipinski definition) is 8. The number of aromatic nitrogens is 3. The highest BCUT2D eigenvalue weighted by molar-refractivity contribution is 7.92. The zero-order valence-electron chi connectivity index (χ0n) is 25.1. The smallest absolute Gasteiger partial charge is 0.358 e. The van der Waals surface area contributed by atoms with Gasteiger partial charge in [-0.15, -0.1) is 0 Å². The summed E-state index contributed by atoms with van der Waals surface area (Å²) in [6.07, 6.45) is 2.52. The Morgan fingerprint density at radius 3 is 2.51 bits per heavy atom. The largest absolute Gasteiger partial charge is 0.461 e. The molecule has 43 heavy (non-hydrogen) atoms. The van der Waals surface area contributed by atoms with Gasteiger partial charge in [-0.2, -0.15) is 4.37 Å². The molecule has 0 unspecified atom stereocenters. The van der Waals surface area contributed by atoms with E-state index in [1.807, 2.05) is 49.6 Å². The number of halogens is 1. The molecule has 0 aliphatic carbocycles. The number of sulfonamides is 1. The third kappa shape index (κ3) is 7.46. The van der Waals surface area contributed by atoms with Gasteiger partial charge in [0.15, 0.2) is 16.7 Å². The average molecular weight is 645 g/mol. The molecule has 9 nitrogen and oxygen atoms in total. The maximum Gasteiger partial charge on any atom is 0.358 e. The van der Waals surface area contributed by atoms with Crippen molar-refractivity contribution in [1.29, 1.82) is 0 Å². The first-order valence-electron chi connectivity index (χ1n) is 14.3. The molecule has 4 rings (SSSR count). The fourth-order valence-electron chi connectivity index (χ4n) is 4.70. The lowest BCUT2D eigenvalue weighted by Crippen LogP contribution is -2.16. The number of imidazole rings is 1. The predicted octanol–water partition coefficient (Wildman–Crippen LogP) is 7.18. The van der Waals surface area contributed by atoms with Crippen molar-refractivity contribution in [3.8, 4) is 11.1 Å². The lowest BCUT2D eigenvalue weighted by molar-refractivity contribution is 0.0514. The summed E-state index contributed by atoms with van der Waals surface area (Å²) >= 11 is 7.70. The van der Waals surface area contributed by atoms with Crippen LogP contribution in [-0.4, -0.2) is 41.5 Å². The summed E-state index contributed by atoms with van der Waals surface area (Å²) in [5.74, 6) is 0.518. The summed E-state index contributed by atoms with van der Waals surface area (Å²) in [4.78, 5) is 18.4. The van der Waals surface area contributed by atoms with Crippen molar-refractivity contribution in [1.82, 2.24) is 13.9 Å². The number of nitrogens with one attached hydrogen (secondary N) is 1. The van der Waals surface area contributed by atoms with Crippen molar-refractivity contribution in [2.75, 3.05) is 17.9 Å². The average Bonchev–Trinajstić information content (AvgIpc) is 3.47. The van der Waals surface area contributed by atoms with Crippen molar-refractivity contribution >= 4 is 44.9 Å². The lowest BCUT2D eigenvalue weighted by Gasteiger charge is -2.17. The number of unbranched alkanes of at least 4 members (excludes halogenated alkanes) is 1. The van der Waals surface area contributed by atoms with Crippen molar-refractivity contribution in [2.24, 2.45) is 0 Å². The molecule has 0 atom stereocenters. The number of carbonyl (C=O) groups excluding carboxylic acids is 1. The van der Waals surface area contributed by atoms with E-state index in [0.717, 1.165) is 40.0 Å². The molecule has 2 aromatic carbocycles. The maximum atomic E-state index is 13.6. The summed E-state index contributed by atoms with van der Waals surface area (Å²) in [6, 6.07) is 12.7. The molecule has 2 aromatic heterocycles. The Morgan fingerprint density at radius 2 is 1.84 bits per heavy atom. The van der Waals surface area contributed by atoms with Crippen molar-refractivity contribution < 1.29 is 22.7 Å². The van der Waals surface area contributed by atoms with Gasteiger partial charge in [-0.1, -0.05) is 61.3 Å². The Bertz CT molecular complexity index is 1700. The van der Waals surface area contributed by atoms with E-state index >= 15 is 0 Å². The van der Waals surface area contributed by atoms with Gasteiger partial charge < -0.3 is 14.0 Å². The van der Waals surface area contributed by atoms with E-state index in [4.69, 9.17) is 21.1 Å². The van der Waals surface area contributed by atoms with Gasteiger partial charge in [-0.25, -0.2) is 18.2 Å². The van der Waals surface area contributed by atoms with Gasteiger partial charge in [0, 0.05) is 35.6 Å². The molecule has 4 aromatic rings. The lowest BCUT2D eigenvalue weighted by atomic mass is 9.97. The van der Waals surface area contributed by atoms with Crippen LogP contribution in [0, 0.1) is 13.8 Å². The third-order valence-corrected chi connectivity index (χ3v) is 9.57. The van der Waals surface area contributed by atoms with Crippen molar-refractivity contribution in [2.45, 2.75) is 71.9 Å². The van der Waals surface area contributed by atoms with E-state index in [1.165, 1.54) is 11.5 Å². The number of aryl methyl sites for hydroxylation is 2. The highest BCUT2D eigenvalue weighted by Gasteiger charge is 2.25. The highest BCUT2D eigenvalue weighted by Crippen LogP contribution is 2.34. The van der Waals surface area contributed by atoms with Gasteiger partial charge in [0.2, 0.25) is 0 Å². The zero-order chi connectivity index (χ0) is 31.1. The molecular formula is C31H37ClN4O5S2. The SMILES string of the molecule is CCCCc1nc(Cl)c(C(=O)OCC)n1Cc1ccc(-c2ccccc2S(=O)(=O)Nc2nsc(C)c2C)c(COCC)c1. The fraction of sp³-hybridized carbons (Fsp3) is 0.387. The monoisotopic (exact) mass is 644 g/mol. The predicted molar refractivity (Wildman–Crippen MR) is 171 cm³/mol. The van der Waals surface area contributed by atoms with Crippen molar-refractivity contribution in [3.05, 3.63) is 80.7 Å². The number of hydrogen-bond donors (Lipinski definition) is 1. The summed E-state index contributed by atoms with van der Waals surface area (Å²) in [5, 5.41) is 0.118. The number of benzene rings is 2. The van der Waals surface area contributed by atoms with Crippen LogP contribution in [0.1, 0.15) is 71.5 Å². The first-order valence-corrected chi connectivity index (χ1v) is 16.9. The number of carbonyl (C=O) groups is 1. The van der Waals surface area contributed by atoms with Crippen LogP contribution in [-0.2, 0) is 39.1 Å². The van der Waals surface area contributed by atoms with Crippen LogP contribution in [0.2, 0.25) is 5.15 Å². The van der Waals surface area contributed by atoms with E-state index in [0.29, 0.717) is 36.8 Å². The minimum Gasteiger partial charge on any atom is -0.461 e. The molecule has 230 valence electrons. The molecule has 2 heterocycles. The molecule has 0 spiro atoms. The Morgan fingerprint density at radius 1 is 1.07 bits per heavy atom. The normalized spacial score (nSPS) is 11.6. The van der Waals surface area contributed by atoms with E-state index in [1.54, 1.807) is 25.1 Å². The molecule has 0 saturated heterocycles. The molecule has 0 bridgehead atoms. The second kappa shape index (κ2) is 14.5. The molecule has 0 saturated carbocycles. The van der Waals surface area contributed by atoms with E-state index in [9.17, 15) is 13.2 Å². The Balaban J connectivity index is 1.77. The molecule has 0 aliphatic rings. The number of ether oxygens (including phenoxy) is 2. The standard InChI is InChI=1S/C31H37ClN4O5S2/c1-6-9-14-27-33-29(32)28(31(37)41-8-3)36(27)18-22-15-16-24(23(17-22)19-40-7-2)25-12-10-11-13-26(25)43(38,39)35-30-20(4)21(5)42-34-30/h10-13,15-17H,6-9,14,18-19H2,1-5H3,(H,34,35). The van der Waals surface area contributed by atoms with E-state index in [2.05, 4.69) is 21.0 Å². The molecule has 0 radical (unpaired) electrons. The van der Waals surface area contributed by atoms with Crippen molar-refractivity contribution in [3.63, 3.8) is 0 Å². The second-order valence-electron chi connectivity index (χ2n) is 10.0. The highest BCUT2D eigenvalue weighted by atomic mass is 35.5. The van der Waals surface area contributed by atoms with Gasteiger partial charge in [0.25, 0.3) is 10.0 Å². The molecule has 0 amide bonds. The zero-order valence-corrected chi connectivity index (χ0v) is 27.5. The number of rotatable bonds is 14. The van der Waals surface area contributed by atoms with Gasteiger partial charge in [0.1, 0.15) is 5.82 Å². The number of anilines is 1. The van der Waals surface area contributed by atoms with Gasteiger partial charge in [-0.05, 0) is 68.4 Å². The number of esters is 1. The van der Waals surface area contributed by atoms with Crippen LogP contribution in [0.3, 0.4) is 0 Å². The van der Waals surface area contributed by atoms with E-state index in [-0.39, 0.29) is 29.0 Å². The second-order valence-corrected chi connectivity index (χ2v) is 13.0. The third-order valence-electron chi connectivity index (χ3n) is 7.05. The minimum atomic E-state index is -3.95. The van der Waals surface area contributed by atoms with Crippen LogP contribution in [0.25, 0.3) is 11.1 Å². The fourth-order valence-corrected chi connectivity index (χ4v) is 6.97. The topological polar surface area (TPSA) is 112 Å². The van der Waals surface area contributed by atoms with Crippen LogP contribution in [0.5, 0.6) is 0 Å². The quantitative estimate of drug-likeness (QED) is 0.145. The van der Waals surface area contributed by atoms with Gasteiger partial charge in [0.05, 0.1) is 18.1 Å². The summed E-state index contributed by atoms with van der Waals surface area (Å²) in [5.41, 5.74) is 3.98. The molecule has 0 fully saturated rings. The Hall–Kier alpha value is -3.25. The summed E-state index contributed by atoms with van der Waals surface area (Å²) in [7, 11) is -3.95. The van der Waals surface area contributed by atoms with Crippen LogP contribution in [0.15, 0.2) is 47.4 Å². The first-order chi connectivity index (χ1) is 20.6. The minimum absolute atomic E-state index is 0.118. The Labute approximate surface area is 262 Å². The van der Waals surface area contributed by atoms with E-state index < -0.39 is 16.0 Å². The molecule has 0 aliphatic heterocycles. The maximum absolute atomic E-state index is 13.6. The molecule has 1 N–H and O–H groups in total. The molecular weight excluding hydrogens is 608 g/mol. The van der Waals surface area contributed by atoms with Crippen LogP contribution >= 0.6 is 23.1 Å². The molecule has 12 heteroatoms. The van der Waals surface area contributed by atoms with Gasteiger partial charge >= 0.3 is 5.97 Å². The van der Waals surface area contributed by atoms with Gasteiger partial charge in [-0.3, -0.25) is 4.72 Å². The van der Waals surface area contributed by atoms with Crippen LogP contribution in [0.4, 0.5) is 5.82 Å². The number of nitrogens with zero attached hydrogens (tertiary/aromatic N) is 3.